The number of thioether (sulfide) groups is 1. The summed E-state index contributed by atoms with van der Waals surface area (Å²) in [6.45, 7) is 1.72. The summed E-state index contributed by atoms with van der Waals surface area (Å²) in [6.07, 6.45) is 0. The van der Waals surface area contributed by atoms with Gasteiger partial charge in [-0.2, -0.15) is 0 Å². The number of nitrogens with one attached hydrogen (secondary N) is 1. The molecule has 0 fully saturated rings. The second-order valence-electron chi connectivity index (χ2n) is 7.30. The molecule has 0 aliphatic carbocycles. The quantitative estimate of drug-likeness (QED) is 0.213. The van der Waals surface area contributed by atoms with Crippen molar-refractivity contribution in [3.63, 3.8) is 0 Å². The largest absolute Gasteiger partial charge is 0.494 e. The summed E-state index contributed by atoms with van der Waals surface area (Å²) >= 11 is 1.23. The molecule has 34 heavy (non-hydrogen) atoms. The smallest absolute Gasteiger partial charge is 0.273 e. The number of non-ortho nitro benzene ring substituents is 1. The van der Waals surface area contributed by atoms with Gasteiger partial charge in [0.25, 0.3) is 5.69 Å². The van der Waals surface area contributed by atoms with Crippen LogP contribution in [0.4, 0.5) is 15.8 Å². The van der Waals surface area contributed by atoms with Crippen molar-refractivity contribution in [1.82, 2.24) is 10.2 Å². The van der Waals surface area contributed by atoms with Crippen LogP contribution < -0.4 is 10.1 Å². The van der Waals surface area contributed by atoms with Crippen LogP contribution in [0.15, 0.2) is 71.8 Å². The van der Waals surface area contributed by atoms with Gasteiger partial charge in [-0.15, -0.1) is 10.2 Å². The van der Waals surface area contributed by atoms with Crippen molar-refractivity contribution in [1.29, 1.82) is 0 Å². The Morgan fingerprint density at radius 3 is 2.47 bits per heavy atom. The van der Waals surface area contributed by atoms with Crippen molar-refractivity contribution in [2.24, 2.45) is 0 Å². The summed E-state index contributed by atoms with van der Waals surface area (Å²) in [4.78, 5) is 23.3. The van der Waals surface area contributed by atoms with Crippen LogP contribution in [0.2, 0.25) is 0 Å². The Bertz CT molecular complexity index is 1380. The van der Waals surface area contributed by atoms with Gasteiger partial charge in [0.05, 0.1) is 29.0 Å². The summed E-state index contributed by atoms with van der Waals surface area (Å²) in [5, 5.41) is 24.1. The van der Waals surface area contributed by atoms with Crippen LogP contribution in [-0.4, -0.2) is 33.4 Å². The number of benzene rings is 3. The predicted octanol–water partition coefficient (Wildman–Crippen LogP) is 5.47. The van der Waals surface area contributed by atoms with Gasteiger partial charge in [0.1, 0.15) is 22.3 Å². The summed E-state index contributed by atoms with van der Waals surface area (Å²) < 4.78 is 18.5. The van der Waals surface area contributed by atoms with Gasteiger partial charge in [-0.1, -0.05) is 36.0 Å². The van der Waals surface area contributed by atoms with Gasteiger partial charge >= 0.3 is 0 Å². The van der Waals surface area contributed by atoms with Crippen molar-refractivity contribution in [3.8, 4) is 17.0 Å². The first kappa shape index (κ1) is 23.1. The maximum atomic E-state index is 13.3. The second-order valence-corrected chi connectivity index (χ2v) is 8.63. The van der Waals surface area contributed by atoms with Gasteiger partial charge in [-0.05, 0) is 37.3 Å². The number of anilines is 1. The lowest BCUT2D eigenvalue weighted by molar-refractivity contribution is -0.384. The molecule has 3 aromatic carbocycles. The third-order valence-electron chi connectivity index (χ3n) is 5.08. The minimum absolute atomic E-state index is 0.139. The average molecular weight is 479 g/mol. The number of nitro benzene ring substituents is 1. The highest BCUT2D eigenvalue weighted by molar-refractivity contribution is 8.00. The number of rotatable bonds is 7. The van der Waals surface area contributed by atoms with Gasteiger partial charge < -0.3 is 10.1 Å². The van der Waals surface area contributed by atoms with Crippen LogP contribution in [0.3, 0.4) is 0 Å². The fourth-order valence-corrected chi connectivity index (χ4v) is 4.23. The number of nitrogens with zero attached hydrogens (tertiary/aromatic N) is 3. The first-order valence-corrected chi connectivity index (χ1v) is 11.1. The van der Waals surface area contributed by atoms with Crippen molar-refractivity contribution in [2.45, 2.75) is 17.2 Å². The molecular formula is C24H19FN4O4S. The molecule has 1 aromatic heterocycles. The molecule has 0 aliphatic heterocycles. The Hall–Kier alpha value is -4.05. The van der Waals surface area contributed by atoms with Crippen LogP contribution in [-0.2, 0) is 4.79 Å². The van der Waals surface area contributed by atoms with Crippen molar-refractivity contribution < 1.29 is 18.8 Å². The molecule has 172 valence electrons. The topological polar surface area (TPSA) is 107 Å². The predicted molar refractivity (Wildman–Crippen MR) is 129 cm³/mol. The fourth-order valence-electron chi connectivity index (χ4n) is 3.34. The normalized spacial score (nSPS) is 11.7. The third kappa shape index (κ3) is 4.81. The second kappa shape index (κ2) is 9.84. The molecule has 1 atom stereocenters. The SMILES string of the molecule is COc1cc([N+](=O)[O-])ccc1NC(=O)[C@H](C)Sc1nnc(-c2ccc(F)cc2)c2ccccc12. The lowest BCUT2D eigenvalue weighted by Gasteiger charge is -2.15. The molecule has 1 heterocycles. The fraction of sp³-hybridized carbons (Fsp3) is 0.125. The molecule has 0 unspecified atom stereocenters. The number of fused-ring (bicyclic) bond motifs is 1. The Balaban J connectivity index is 1.58. The number of aromatic nitrogens is 2. The number of hydrogen-bond acceptors (Lipinski definition) is 7. The number of ether oxygens (including phenoxy) is 1. The van der Waals surface area contributed by atoms with Gasteiger partial charge in [0, 0.05) is 22.4 Å². The van der Waals surface area contributed by atoms with E-state index in [0.29, 0.717) is 16.4 Å². The molecule has 1 N–H and O–H groups in total. The van der Waals surface area contributed by atoms with E-state index in [-0.39, 0.29) is 23.2 Å². The minimum Gasteiger partial charge on any atom is -0.494 e. The molecule has 8 nitrogen and oxygen atoms in total. The van der Waals surface area contributed by atoms with Crippen LogP contribution in [0.5, 0.6) is 5.75 Å². The number of methoxy groups -OCH3 is 1. The monoisotopic (exact) mass is 478 g/mol. The lowest BCUT2D eigenvalue weighted by atomic mass is 10.1. The number of carbonyl (C=O) groups excluding carboxylic acids is 1. The lowest BCUT2D eigenvalue weighted by Crippen LogP contribution is -2.23. The Kier molecular flexibility index (Phi) is 6.69. The molecule has 0 saturated carbocycles. The molecule has 0 aliphatic rings. The number of hydrogen-bond donors (Lipinski definition) is 1. The van der Waals surface area contributed by atoms with E-state index < -0.39 is 10.2 Å². The molecule has 1 amide bonds. The van der Waals surface area contributed by atoms with E-state index in [2.05, 4.69) is 15.5 Å². The van der Waals surface area contributed by atoms with E-state index >= 15 is 0 Å². The number of amides is 1. The van der Waals surface area contributed by atoms with Crippen molar-refractivity contribution in [3.05, 3.63) is 82.7 Å². The molecular weight excluding hydrogens is 459 g/mol. The van der Waals surface area contributed by atoms with Crippen molar-refractivity contribution >= 4 is 39.8 Å². The highest BCUT2D eigenvalue weighted by Gasteiger charge is 2.21. The Labute approximate surface area is 198 Å². The summed E-state index contributed by atoms with van der Waals surface area (Å²) in [7, 11) is 1.37. The van der Waals surface area contributed by atoms with Crippen LogP contribution in [0.1, 0.15) is 6.92 Å². The van der Waals surface area contributed by atoms with E-state index in [0.717, 1.165) is 16.3 Å². The summed E-state index contributed by atoms with van der Waals surface area (Å²) in [5.41, 5.74) is 1.54. The highest BCUT2D eigenvalue weighted by atomic mass is 32.2. The van der Waals surface area contributed by atoms with Gasteiger partial charge in [0.2, 0.25) is 5.91 Å². The zero-order chi connectivity index (χ0) is 24.2. The first-order valence-electron chi connectivity index (χ1n) is 10.2. The van der Waals surface area contributed by atoms with Crippen LogP contribution in [0, 0.1) is 15.9 Å². The van der Waals surface area contributed by atoms with Crippen molar-refractivity contribution in [2.75, 3.05) is 12.4 Å². The molecule has 0 bridgehead atoms. The maximum absolute atomic E-state index is 13.3. The third-order valence-corrected chi connectivity index (χ3v) is 6.17. The summed E-state index contributed by atoms with van der Waals surface area (Å²) in [5.74, 6) is -0.475. The van der Waals surface area contributed by atoms with E-state index in [4.69, 9.17) is 4.74 Å². The highest BCUT2D eigenvalue weighted by Crippen LogP contribution is 2.34. The van der Waals surface area contributed by atoms with Gasteiger partial charge in [-0.3, -0.25) is 14.9 Å². The number of nitro groups is 1. The molecule has 0 radical (unpaired) electrons. The summed E-state index contributed by atoms with van der Waals surface area (Å²) in [6, 6.07) is 17.5. The van der Waals surface area contributed by atoms with E-state index in [1.807, 2.05) is 24.3 Å². The molecule has 0 saturated heterocycles. The van der Waals surface area contributed by atoms with Crippen LogP contribution in [0.25, 0.3) is 22.0 Å². The number of halogens is 1. The zero-order valence-corrected chi connectivity index (χ0v) is 19.0. The van der Waals surface area contributed by atoms with Gasteiger partial charge in [-0.25, -0.2) is 4.39 Å². The molecule has 4 rings (SSSR count). The Morgan fingerprint density at radius 1 is 1.09 bits per heavy atom. The molecule has 10 heteroatoms. The number of carbonyl (C=O) groups is 1. The van der Waals surface area contributed by atoms with E-state index in [9.17, 15) is 19.3 Å². The average Bonchev–Trinajstić information content (AvgIpc) is 2.85. The van der Waals surface area contributed by atoms with E-state index in [1.165, 1.54) is 49.2 Å². The van der Waals surface area contributed by atoms with Gasteiger partial charge in [0.15, 0.2) is 0 Å². The Morgan fingerprint density at radius 2 is 1.79 bits per heavy atom. The molecule has 0 spiro atoms. The minimum atomic E-state index is -0.561. The van der Waals surface area contributed by atoms with Crippen LogP contribution >= 0.6 is 11.8 Å². The standard InChI is InChI=1S/C24H19FN4O4S/c1-14(23(30)26-20-12-11-17(29(31)32)13-21(20)33-2)34-24-19-6-4-3-5-18(19)22(27-28-24)15-7-9-16(25)10-8-15/h3-14H,1-2H3,(H,26,30)/t14-/m0/s1. The zero-order valence-electron chi connectivity index (χ0n) is 18.2. The maximum Gasteiger partial charge on any atom is 0.273 e. The molecule has 4 aromatic rings. The van der Waals surface area contributed by atoms with E-state index in [1.54, 1.807) is 19.1 Å². The first-order chi connectivity index (χ1) is 16.4.